The van der Waals surface area contributed by atoms with Gasteiger partial charge < -0.3 is 10.5 Å². The third-order valence-corrected chi connectivity index (χ3v) is 4.26. The summed E-state index contributed by atoms with van der Waals surface area (Å²) in [5.41, 5.74) is 8.94. The van der Waals surface area contributed by atoms with Crippen LogP contribution in [0.25, 0.3) is 0 Å². The summed E-state index contributed by atoms with van der Waals surface area (Å²) in [5.74, 6) is 0. The van der Waals surface area contributed by atoms with Gasteiger partial charge in [0.05, 0.1) is 6.10 Å². The van der Waals surface area contributed by atoms with E-state index in [2.05, 4.69) is 29.2 Å². The van der Waals surface area contributed by atoms with Crippen molar-refractivity contribution < 1.29 is 4.74 Å². The van der Waals surface area contributed by atoms with Crippen molar-refractivity contribution in [3.05, 3.63) is 35.4 Å². The van der Waals surface area contributed by atoms with Crippen LogP contribution in [-0.4, -0.2) is 36.7 Å². The molecule has 2 N–H and O–H groups in total. The van der Waals surface area contributed by atoms with Gasteiger partial charge >= 0.3 is 0 Å². The molecule has 2 unspecified atom stereocenters. The Labute approximate surface area is 109 Å². The van der Waals surface area contributed by atoms with Crippen LogP contribution < -0.4 is 5.73 Å². The number of hydrogen-bond acceptors (Lipinski definition) is 3. The monoisotopic (exact) mass is 246 g/mol. The summed E-state index contributed by atoms with van der Waals surface area (Å²) >= 11 is 0. The van der Waals surface area contributed by atoms with E-state index in [1.165, 1.54) is 24.0 Å². The minimum Gasteiger partial charge on any atom is -0.377 e. The topological polar surface area (TPSA) is 38.5 Å². The summed E-state index contributed by atoms with van der Waals surface area (Å²) in [5, 5.41) is 0. The molecule has 2 aliphatic rings. The molecule has 0 radical (unpaired) electrons. The van der Waals surface area contributed by atoms with Crippen LogP contribution in [0.2, 0.25) is 0 Å². The van der Waals surface area contributed by atoms with Gasteiger partial charge in [-0.1, -0.05) is 24.3 Å². The summed E-state index contributed by atoms with van der Waals surface area (Å²) in [6.07, 6.45) is 3.84. The summed E-state index contributed by atoms with van der Waals surface area (Å²) in [7, 11) is 0. The van der Waals surface area contributed by atoms with Crippen LogP contribution in [0.1, 0.15) is 24.0 Å². The minimum atomic E-state index is 0.347. The molecule has 0 bridgehead atoms. The predicted molar refractivity (Wildman–Crippen MR) is 72.4 cm³/mol. The van der Waals surface area contributed by atoms with Crippen molar-refractivity contribution in [2.45, 2.75) is 38.0 Å². The normalized spacial score (nSPS) is 25.9. The van der Waals surface area contributed by atoms with Crippen molar-refractivity contribution >= 4 is 0 Å². The molecule has 1 fully saturated rings. The smallest absolute Gasteiger partial charge is 0.0743 e. The van der Waals surface area contributed by atoms with Gasteiger partial charge in [-0.15, -0.1) is 0 Å². The molecule has 1 aromatic rings. The maximum atomic E-state index is 5.98. The number of fused-ring (bicyclic) bond motifs is 1. The predicted octanol–water partition coefficient (Wildman–Crippen LogP) is 1.55. The third kappa shape index (κ3) is 2.30. The first-order chi connectivity index (χ1) is 8.88. The maximum absolute atomic E-state index is 5.98. The van der Waals surface area contributed by atoms with Gasteiger partial charge in [0.2, 0.25) is 0 Å². The van der Waals surface area contributed by atoms with Gasteiger partial charge in [0.1, 0.15) is 0 Å². The van der Waals surface area contributed by atoms with Gasteiger partial charge in [-0.2, -0.15) is 0 Å². The van der Waals surface area contributed by atoms with Crippen molar-refractivity contribution in [3.8, 4) is 0 Å². The number of nitrogens with zero attached hydrogens (tertiary/aromatic N) is 1. The lowest BCUT2D eigenvalue weighted by molar-refractivity contribution is 0.0215. The van der Waals surface area contributed by atoms with Crippen molar-refractivity contribution in [2.75, 3.05) is 19.7 Å². The molecule has 0 aliphatic carbocycles. The summed E-state index contributed by atoms with van der Waals surface area (Å²) in [6.45, 7) is 3.75. The van der Waals surface area contributed by atoms with Crippen LogP contribution in [0.5, 0.6) is 0 Å². The summed E-state index contributed by atoms with van der Waals surface area (Å²) in [6, 6.07) is 9.14. The van der Waals surface area contributed by atoms with E-state index in [0.717, 1.165) is 26.1 Å². The first-order valence-corrected chi connectivity index (χ1v) is 7.01. The highest BCUT2D eigenvalue weighted by atomic mass is 16.5. The van der Waals surface area contributed by atoms with Gasteiger partial charge in [-0.25, -0.2) is 0 Å². The molecule has 3 nitrogen and oxygen atoms in total. The van der Waals surface area contributed by atoms with Crippen molar-refractivity contribution in [1.82, 2.24) is 4.90 Å². The molecule has 3 heteroatoms. The standard InChI is InChI=1S/C15H22N2O/c16-10-14(15-6-3-9-18-15)17-8-7-12-4-1-2-5-13(12)11-17/h1-2,4-5,14-15H,3,6-11,16H2. The zero-order chi connectivity index (χ0) is 12.4. The SMILES string of the molecule is NCC(C1CCCO1)N1CCc2ccccc2C1. The van der Waals surface area contributed by atoms with Crippen LogP contribution in [0, 0.1) is 0 Å². The lowest BCUT2D eigenvalue weighted by Gasteiger charge is -2.37. The Morgan fingerprint density at radius 1 is 1.33 bits per heavy atom. The first kappa shape index (κ1) is 12.2. The quantitative estimate of drug-likeness (QED) is 0.879. The molecule has 0 aromatic heterocycles. The summed E-state index contributed by atoms with van der Waals surface area (Å²) < 4.78 is 5.83. The Kier molecular flexibility index (Phi) is 3.64. The molecular formula is C15H22N2O. The third-order valence-electron chi connectivity index (χ3n) is 4.26. The molecule has 1 saturated heterocycles. The molecule has 0 spiro atoms. The Morgan fingerprint density at radius 3 is 2.89 bits per heavy atom. The van der Waals surface area contributed by atoms with E-state index < -0.39 is 0 Å². The van der Waals surface area contributed by atoms with E-state index in [0.29, 0.717) is 18.7 Å². The number of nitrogens with two attached hydrogens (primary N) is 1. The lowest BCUT2D eigenvalue weighted by atomic mass is 9.96. The molecule has 3 rings (SSSR count). The van der Waals surface area contributed by atoms with E-state index in [-0.39, 0.29) is 0 Å². The fraction of sp³-hybridized carbons (Fsp3) is 0.600. The van der Waals surface area contributed by atoms with Crippen LogP contribution in [-0.2, 0) is 17.7 Å². The second-order valence-corrected chi connectivity index (χ2v) is 5.34. The van der Waals surface area contributed by atoms with E-state index in [1.807, 2.05) is 0 Å². The minimum absolute atomic E-state index is 0.347. The molecule has 18 heavy (non-hydrogen) atoms. The highest BCUT2D eigenvalue weighted by molar-refractivity contribution is 5.29. The highest BCUT2D eigenvalue weighted by Crippen LogP contribution is 2.25. The van der Waals surface area contributed by atoms with E-state index in [4.69, 9.17) is 10.5 Å². The van der Waals surface area contributed by atoms with Crippen LogP contribution in [0.4, 0.5) is 0 Å². The second-order valence-electron chi connectivity index (χ2n) is 5.34. The van der Waals surface area contributed by atoms with Gasteiger partial charge in [0.25, 0.3) is 0 Å². The number of hydrogen-bond donors (Lipinski definition) is 1. The number of benzene rings is 1. The van der Waals surface area contributed by atoms with E-state index >= 15 is 0 Å². The highest BCUT2D eigenvalue weighted by Gasteiger charge is 2.31. The number of rotatable bonds is 3. The lowest BCUT2D eigenvalue weighted by Crippen LogP contribution is -2.49. The molecule has 2 aliphatic heterocycles. The molecule has 0 saturated carbocycles. The zero-order valence-corrected chi connectivity index (χ0v) is 10.8. The molecule has 98 valence electrons. The Balaban J connectivity index is 1.73. The van der Waals surface area contributed by atoms with Crippen LogP contribution >= 0.6 is 0 Å². The van der Waals surface area contributed by atoms with Gasteiger partial charge in [-0.3, -0.25) is 4.90 Å². The second kappa shape index (κ2) is 5.39. The first-order valence-electron chi connectivity index (χ1n) is 7.01. The molecule has 2 heterocycles. The molecule has 0 amide bonds. The van der Waals surface area contributed by atoms with Crippen molar-refractivity contribution in [3.63, 3.8) is 0 Å². The van der Waals surface area contributed by atoms with Crippen molar-refractivity contribution in [1.29, 1.82) is 0 Å². The number of ether oxygens (including phenoxy) is 1. The fourth-order valence-corrected chi connectivity index (χ4v) is 3.24. The Hall–Kier alpha value is -0.900. The molecule has 2 atom stereocenters. The zero-order valence-electron chi connectivity index (χ0n) is 10.8. The van der Waals surface area contributed by atoms with Crippen LogP contribution in [0.3, 0.4) is 0 Å². The van der Waals surface area contributed by atoms with E-state index in [1.54, 1.807) is 0 Å². The van der Waals surface area contributed by atoms with Crippen molar-refractivity contribution in [2.24, 2.45) is 5.73 Å². The Morgan fingerprint density at radius 2 is 2.17 bits per heavy atom. The average Bonchev–Trinajstić information content (AvgIpc) is 2.93. The van der Waals surface area contributed by atoms with E-state index in [9.17, 15) is 0 Å². The average molecular weight is 246 g/mol. The fourth-order valence-electron chi connectivity index (χ4n) is 3.24. The molecule has 1 aromatic carbocycles. The van der Waals surface area contributed by atoms with Crippen LogP contribution in [0.15, 0.2) is 24.3 Å². The Bertz CT molecular complexity index is 401. The maximum Gasteiger partial charge on any atom is 0.0743 e. The summed E-state index contributed by atoms with van der Waals surface area (Å²) in [4.78, 5) is 2.51. The van der Waals surface area contributed by atoms with Gasteiger partial charge in [0.15, 0.2) is 0 Å². The van der Waals surface area contributed by atoms with Gasteiger partial charge in [-0.05, 0) is 30.4 Å². The molecular weight excluding hydrogens is 224 g/mol. The largest absolute Gasteiger partial charge is 0.377 e. The van der Waals surface area contributed by atoms with Gasteiger partial charge in [0, 0.05) is 32.3 Å².